The van der Waals surface area contributed by atoms with Crippen LogP contribution in [0.3, 0.4) is 0 Å². The van der Waals surface area contributed by atoms with Gasteiger partial charge in [0.2, 0.25) is 0 Å². The highest BCUT2D eigenvalue weighted by Crippen LogP contribution is 2.07. The predicted octanol–water partition coefficient (Wildman–Crippen LogP) is -0.126. The molecule has 0 atom stereocenters. The molecule has 0 fully saturated rings. The van der Waals surface area contributed by atoms with Gasteiger partial charge in [-0.25, -0.2) is 4.72 Å². The Morgan fingerprint density at radius 1 is 1.41 bits per heavy atom. The maximum Gasteiger partial charge on any atom is 0.278 e. The normalized spacial score (nSPS) is 11.7. The van der Waals surface area contributed by atoms with Crippen LogP contribution in [-0.2, 0) is 10.2 Å². The van der Waals surface area contributed by atoms with E-state index in [1.165, 1.54) is 25.4 Å². The lowest BCUT2D eigenvalue weighted by Crippen LogP contribution is -2.40. The van der Waals surface area contributed by atoms with Gasteiger partial charge in [-0.1, -0.05) is 6.07 Å². The second kappa shape index (κ2) is 6.10. The molecule has 1 heterocycles. The maximum atomic E-state index is 11.5. The monoisotopic (exact) mass is 277 g/mol. The second-order valence-corrected chi connectivity index (χ2v) is 6.33. The Morgan fingerprint density at radius 2 is 2.12 bits per heavy atom. The highest BCUT2D eigenvalue weighted by molar-refractivity contribution is 7.87. The van der Waals surface area contributed by atoms with E-state index < -0.39 is 10.2 Å². The van der Waals surface area contributed by atoms with E-state index in [0.29, 0.717) is 4.88 Å². The molecule has 8 heteroatoms. The quantitative estimate of drug-likeness (QED) is 0.711. The molecule has 1 rings (SSSR count). The number of amides is 1. The first kappa shape index (κ1) is 14.1. The van der Waals surface area contributed by atoms with Gasteiger partial charge in [-0.05, 0) is 11.4 Å². The fourth-order valence-corrected chi connectivity index (χ4v) is 2.24. The number of carbonyl (C=O) groups is 1. The number of nitrogens with one attached hydrogen (secondary N) is 2. The first-order valence-corrected chi connectivity index (χ1v) is 7.24. The van der Waals surface area contributed by atoms with E-state index in [4.69, 9.17) is 0 Å². The van der Waals surface area contributed by atoms with E-state index in [-0.39, 0.29) is 19.0 Å². The number of nitrogens with zero attached hydrogens (tertiary/aromatic N) is 1. The third-order valence-corrected chi connectivity index (χ3v) is 4.32. The van der Waals surface area contributed by atoms with Gasteiger partial charge in [0, 0.05) is 27.2 Å². The van der Waals surface area contributed by atoms with Crippen molar-refractivity contribution in [2.45, 2.75) is 0 Å². The molecule has 96 valence electrons. The van der Waals surface area contributed by atoms with Gasteiger partial charge in [-0.3, -0.25) is 4.79 Å². The molecule has 0 aliphatic heterocycles. The van der Waals surface area contributed by atoms with Crippen molar-refractivity contribution in [1.29, 1.82) is 0 Å². The fraction of sp³-hybridized carbons (Fsp3) is 0.444. The Morgan fingerprint density at radius 3 is 2.65 bits per heavy atom. The number of rotatable bonds is 6. The summed E-state index contributed by atoms with van der Waals surface area (Å²) in [5, 5.41) is 4.43. The summed E-state index contributed by atoms with van der Waals surface area (Å²) < 4.78 is 26.0. The Bertz CT molecular complexity index is 454. The van der Waals surface area contributed by atoms with Crippen LogP contribution in [0.1, 0.15) is 9.67 Å². The van der Waals surface area contributed by atoms with Gasteiger partial charge < -0.3 is 5.32 Å². The van der Waals surface area contributed by atoms with Gasteiger partial charge in [0.25, 0.3) is 16.1 Å². The maximum absolute atomic E-state index is 11.5. The Hall–Kier alpha value is -0.960. The lowest BCUT2D eigenvalue weighted by molar-refractivity contribution is 0.0958. The molecule has 17 heavy (non-hydrogen) atoms. The van der Waals surface area contributed by atoms with E-state index in [1.54, 1.807) is 12.1 Å². The van der Waals surface area contributed by atoms with E-state index in [0.717, 1.165) is 4.31 Å². The topological polar surface area (TPSA) is 78.5 Å². The predicted molar refractivity (Wildman–Crippen MR) is 67.3 cm³/mol. The lowest BCUT2D eigenvalue weighted by atomic mass is 10.4. The van der Waals surface area contributed by atoms with Crippen LogP contribution in [0.15, 0.2) is 17.5 Å². The Kier molecular flexibility index (Phi) is 5.06. The number of hydrogen-bond donors (Lipinski definition) is 2. The molecule has 0 aliphatic rings. The summed E-state index contributed by atoms with van der Waals surface area (Å²) in [6.07, 6.45) is 0. The van der Waals surface area contributed by atoms with Crippen LogP contribution in [0.2, 0.25) is 0 Å². The summed E-state index contributed by atoms with van der Waals surface area (Å²) in [4.78, 5) is 12.1. The van der Waals surface area contributed by atoms with E-state index >= 15 is 0 Å². The van der Waals surface area contributed by atoms with Crippen molar-refractivity contribution in [3.8, 4) is 0 Å². The standard InChI is InChI=1S/C9H15N3O3S2/c1-12(2)17(14,15)11-6-5-10-9(13)8-4-3-7-16-8/h3-4,7,11H,5-6H2,1-2H3,(H,10,13). The van der Waals surface area contributed by atoms with Crippen LogP contribution in [-0.4, -0.2) is 45.8 Å². The number of hydrogen-bond acceptors (Lipinski definition) is 4. The minimum absolute atomic E-state index is 0.164. The van der Waals surface area contributed by atoms with Crippen molar-refractivity contribution >= 4 is 27.5 Å². The summed E-state index contributed by atoms with van der Waals surface area (Å²) in [7, 11) is -0.541. The van der Waals surface area contributed by atoms with Crippen molar-refractivity contribution in [3.05, 3.63) is 22.4 Å². The van der Waals surface area contributed by atoms with Crippen LogP contribution in [0.25, 0.3) is 0 Å². The van der Waals surface area contributed by atoms with Gasteiger partial charge in [0.1, 0.15) is 0 Å². The molecule has 0 radical (unpaired) electrons. The largest absolute Gasteiger partial charge is 0.350 e. The molecule has 6 nitrogen and oxygen atoms in total. The number of carbonyl (C=O) groups excluding carboxylic acids is 1. The SMILES string of the molecule is CN(C)S(=O)(=O)NCCNC(=O)c1cccs1. The molecule has 0 bridgehead atoms. The van der Waals surface area contributed by atoms with Gasteiger partial charge in [0.05, 0.1) is 4.88 Å². The lowest BCUT2D eigenvalue weighted by Gasteiger charge is -2.12. The summed E-state index contributed by atoms with van der Waals surface area (Å²) in [6.45, 7) is 0.418. The molecule has 0 unspecified atom stereocenters. The molecule has 0 aliphatic carbocycles. The number of thiophene rings is 1. The van der Waals surface area contributed by atoms with Gasteiger partial charge in [-0.2, -0.15) is 12.7 Å². The van der Waals surface area contributed by atoms with Crippen LogP contribution >= 0.6 is 11.3 Å². The highest BCUT2D eigenvalue weighted by Gasteiger charge is 2.12. The van der Waals surface area contributed by atoms with E-state index in [2.05, 4.69) is 10.0 Å². The molecule has 2 N–H and O–H groups in total. The van der Waals surface area contributed by atoms with Gasteiger partial charge in [-0.15, -0.1) is 11.3 Å². The summed E-state index contributed by atoms with van der Waals surface area (Å²) in [5.41, 5.74) is 0. The first-order chi connectivity index (χ1) is 7.93. The molecular weight excluding hydrogens is 262 g/mol. The van der Waals surface area contributed by atoms with Crippen molar-refractivity contribution in [2.75, 3.05) is 27.2 Å². The van der Waals surface area contributed by atoms with Gasteiger partial charge >= 0.3 is 0 Å². The third-order valence-electron chi connectivity index (χ3n) is 1.92. The zero-order valence-corrected chi connectivity index (χ0v) is 11.3. The van der Waals surface area contributed by atoms with E-state index in [9.17, 15) is 13.2 Å². The molecule has 1 amide bonds. The average Bonchev–Trinajstić information content (AvgIpc) is 2.77. The minimum Gasteiger partial charge on any atom is -0.350 e. The van der Waals surface area contributed by atoms with Crippen molar-refractivity contribution in [2.24, 2.45) is 0 Å². The molecule has 0 saturated heterocycles. The van der Waals surface area contributed by atoms with Crippen LogP contribution in [0.4, 0.5) is 0 Å². The average molecular weight is 277 g/mol. The molecular formula is C9H15N3O3S2. The van der Waals surface area contributed by atoms with Crippen LogP contribution in [0, 0.1) is 0 Å². The minimum atomic E-state index is -3.42. The van der Waals surface area contributed by atoms with Crippen molar-refractivity contribution in [3.63, 3.8) is 0 Å². The molecule has 1 aromatic rings. The zero-order valence-electron chi connectivity index (χ0n) is 9.63. The molecule has 1 aromatic heterocycles. The summed E-state index contributed by atoms with van der Waals surface area (Å²) in [6, 6.07) is 3.50. The van der Waals surface area contributed by atoms with Crippen molar-refractivity contribution in [1.82, 2.24) is 14.3 Å². The highest BCUT2D eigenvalue weighted by atomic mass is 32.2. The van der Waals surface area contributed by atoms with Crippen molar-refractivity contribution < 1.29 is 13.2 Å². The summed E-state index contributed by atoms with van der Waals surface area (Å²) >= 11 is 1.34. The Labute approximate surface area is 105 Å². The van der Waals surface area contributed by atoms with E-state index in [1.807, 2.05) is 5.38 Å². The van der Waals surface area contributed by atoms with Crippen LogP contribution in [0.5, 0.6) is 0 Å². The first-order valence-electron chi connectivity index (χ1n) is 4.92. The fourth-order valence-electron chi connectivity index (χ4n) is 0.980. The molecule has 0 saturated carbocycles. The molecule has 0 spiro atoms. The smallest absolute Gasteiger partial charge is 0.278 e. The van der Waals surface area contributed by atoms with Gasteiger partial charge in [0.15, 0.2) is 0 Å². The second-order valence-electron chi connectivity index (χ2n) is 3.41. The zero-order chi connectivity index (χ0) is 12.9. The Balaban J connectivity index is 2.28. The third kappa shape index (κ3) is 4.43. The summed E-state index contributed by atoms with van der Waals surface area (Å²) in [5.74, 6) is -0.191. The molecule has 0 aromatic carbocycles. The van der Waals surface area contributed by atoms with Crippen LogP contribution < -0.4 is 10.0 Å².